The molecule has 0 aromatic heterocycles. The molecule has 0 aliphatic rings. The molecule has 2 aromatic carbocycles. The molecule has 1 N–H and O–H groups in total. The number of carbonyl (C=O) groups is 1. The van der Waals surface area contributed by atoms with Crippen molar-refractivity contribution in [3.8, 4) is 6.07 Å². The molecule has 0 atom stereocenters. The minimum atomic E-state index is -1.14. The van der Waals surface area contributed by atoms with E-state index in [9.17, 15) is 13.6 Å². The lowest BCUT2D eigenvalue weighted by Gasteiger charge is -2.05. The molecule has 6 heteroatoms. The minimum absolute atomic E-state index is 0.0177. The maximum absolute atomic E-state index is 13.6. The molecule has 0 aliphatic carbocycles. The molecule has 0 fully saturated rings. The third kappa shape index (κ3) is 3.80. The van der Waals surface area contributed by atoms with Crippen molar-refractivity contribution in [2.45, 2.75) is 10.6 Å². The van der Waals surface area contributed by atoms with E-state index in [4.69, 9.17) is 10.4 Å². The highest BCUT2D eigenvalue weighted by Gasteiger charge is 2.10. The van der Waals surface area contributed by atoms with Gasteiger partial charge in [-0.25, -0.2) is 13.6 Å². The van der Waals surface area contributed by atoms with Gasteiger partial charge in [-0.15, -0.1) is 11.8 Å². The average Bonchev–Trinajstić information content (AvgIpc) is 2.45. The molecule has 0 saturated carbocycles. The van der Waals surface area contributed by atoms with Crippen LogP contribution in [0.3, 0.4) is 0 Å². The van der Waals surface area contributed by atoms with E-state index in [1.54, 1.807) is 0 Å². The second-order valence-electron chi connectivity index (χ2n) is 4.20. The molecule has 3 nitrogen and oxygen atoms in total. The van der Waals surface area contributed by atoms with Crippen molar-refractivity contribution in [1.82, 2.24) is 0 Å². The molecule has 2 rings (SSSR count). The maximum atomic E-state index is 13.6. The molecule has 0 radical (unpaired) electrons. The number of rotatable bonds is 4. The van der Waals surface area contributed by atoms with E-state index in [-0.39, 0.29) is 21.8 Å². The predicted molar refractivity (Wildman–Crippen MR) is 74.0 cm³/mol. The van der Waals surface area contributed by atoms with Crippen LogP contribution in [0.5, 0.6) is 0 Å². The summed E-state index contributed by atoms with van der Waals surface area (Å²) in [6.07, 6.45) is 0. The molecule has 2 aromatic rings. The van der Waals surface area contributed by atoms with E-state index in [0.717, 1.165) is 23.9 Å². The van der Waals surface area contributed by atoms with Gasteiger partial charge in [-0.3, -0.25) is 0 Å². The molecule has 0 aliphatic heterocycles. The summed E-state index contributed by atoms with van der Waals surface area (Å²) in [5.41, 5.74) is 0.692. The zero-order valence-corrected chi connectivity index (χ0v) is 11.5. The van der Waals surface area contributed by atoms with Gasteiger partial charge >= 0.3 is 5.97 Å². The Bertz CT molecular complexity index is 741. The first-order valence-corrected chi connectivity index (χ1v) is 6.83. The number of carboxylic acids is 1. The summed E-state index contributed by atoms with van der Waals surface area (Å²) >= 11 is 1.05. The number of halogens is 2. The topological polar surface area (TPSA) is 61.1 Å². The smallest absolute Gasteiger partial charge is 0.335 e. The average molecular weight is 305 g/mol. The second kappa shape index (κ2) is 6.37. The van der Waals surface area contributed by atoms with Gasteiger partial charge in [0.25, 0.3) is 0 Å². The van der Waals surface area contributed by atoms with Crippen LogP contribution in [0, 0.1) is 23.0 Å². The summed E-state index contributed by atoms with van der Waals surface area (Å²) in [4.78, 5) is 11.0. The highest BCUT2D eigenvalue weighted by Crippen LogP contribution is 2.27. The van der Waals surface area contributed by atoms with Gasteiger partial charge in [-0.05, 0) is 42.0 Å². The van der Waals surface area contributed by atoms with Crippen LogP contribution in [0.25, 0.3) is 0 Å². The molecular formula is C15H9F2NO2S. The lowest BCUT2D eigenvalue weighted by atomic mass is 10.1. The Balaban J connectivity index is 2.20. The molecule has 0 spiro atoms. The molecule has 0 saturated heterocycles. The van der Waals surface area contributed by atoms with Crippen molar-refractivity contribution in [1.29, 1.82) is 5.26 Å². The second-order valence-corrected chi connectivity index (χ2v) is 5.22. The van der Waals surface area contributed by atoms with Gasteiger partial charge in [-0.1, -0.05) is 0 Å². The van der Waals surface area contributed by atoms with Gasteiger partial charge in [0, 0.05) is 10.6 Å². The number of carboxylic acid groups (broad SMARTS) is 1. The first-order chi connectivity index (χ1) is 9.99. The summed E-state index contributed by atoms with van der Waals surface area (Å²) in [5.74, 6) is -1.99. The maximum Gasteiger partial charge on any atom is 0.335 e. The Hall–Kier alpha value is -2.39. The first-order valence-electron chi connectivity index (χ1n) is 5.85. The van der Waals surface area contributed by atoms with Crippen molar-refractivity contribution in [3.63, 3.8) is 0 Å². The van der Waals surface area contributed by atoms with Crippen molar-refractivity contribution in [2.24, 2.45) is 0 Å². The van der Waals surface area contributed by atoms with Gasteiger partial charge in [0.2, 0.25) is 0 Å². The monoisotopic (exact) mass is 305 g/mol. The predicted octanol–water partition coefficient (Wildman–Crippen LogP) is 3.83. The fraction of sp³-hybridized carbons (Fsp3) is 0.0667. The largest absolute Gasteiger partial charge is 0.478 e. The number of benzene rings is 2. The normalized spacial score (nSPS) is 10.1. The molecule has 21 heavy (non-hydrogen) atoms. The van der Waals surface area contributed by atoms with Crippen LogP contribution in [0.15, 0.2) is 41.3 Å². The lowest BCUT2D eigenvalue weighted by molar-refractivity contribution is 0.0696. The van der Waals surface area contributed by atoms with Crippen LogP contribution in [-0.4, -0.2) is 11.1 Å². The fourth-order valence-corrected chi connectivity index (χ4v) is 2.61. The highest BCUT2D eigenvalue weighted by molar-refractivity contribution is 7.98. The lowest BCUT2D eigenvalue weighted by Crippen LogP contribution is -1.97. The van der Waals surface area contributed by atoms with E-state index in [2.05, 4.69) is 0 Å². The summed E-state index contributed by atoms with van der Waals surface area (Å²) in [5, 5.41) is 17.6. The van der Waals surface area contributed by atoms with Crippen molar-refractivity contribution in [3.05, 3.63) is 64.7 Å². The Morgan fingerprint density at radius 1 is 1.24 bits per heavy atom. The van der Waals surface area contributed by atoms with Gasteiger partial charge in [-0.2, -0.15) is 5.26 Å². The summed E-state index contributed by atoms with van der Waals surface area (Å²) in [7, 11) is 0. The quantitative estimate of drug-likeness (QED) is 0.872. The zero-order chi connectivity index (χ0) is 15.4. The van der Waals surface area contributed by atoms with Crippen molar-refractivity contribution >= 4 is 17.7 Å². The van der Waals surface area contributed by atoms with Crippen LogP contribution in [0.2, 0.25) is 0 Å². The first kappa shape index (κ1) is 15.0. The number of aromatic carboxylic acids is 1. The van der Waals surface area contributed by atoms with E-state index in [1.165, 1.54) is 24.3 Å². The molecule has 106 valence electrons. The standard InChI is InChI=1S/C15H9F2NO2S/c16-12-4-9(7-18)3-10(5-12)8-21-14-6-11(15(19)20)1-2-13(14)17/h1-6H,8H2,(H,19,20). The summed E-state index contributed by atoms with van der Waals surface area (Å²) in [6.45, 7) is 0. The third-order valence-corrected chi connectivity index (χ3v) is 3.76. The van der Waals surface area contributed by atoms with E-state index >= 15 is 0 Å². The number of hydrogen-bond donors (Lipinski definition) is 1. The summed E-state index contributed by atoms with van der Waals surface area (Å²) in [6, 6.07) is 9.21. The van der Waals surface area contributed by atoms with Crippen LogP contribution < -0.4 is 0 Å². The van der Waals surface area contributed by atoms with E-state index in [0.29, 0.717) is 5.56 Å². The van der Waals surface area contributed by atoms with Gasteiger partial charge in [0.1, 0.15) is 11.6 Å². The minimum Gasteiger partial charge on any atom is -0.478 e. The van der Waals surface area contributed by atoms with Crippen LogP contribution >= 0.6 is 11.8 Å². The molecule has 0 amide bonds. The molecule has 0 heterocycles. The van der Waals surface area contributed by atoms with Crippen molar-refractivity contribution < 1.29 is 18.7 Å². The number of hydrogen-bond acceptors (Lipinski definition) is 3. The number of thioether (sulfide) groups is 1. The third-order valence-electron chi connectivity index (χ3n) is 2.66. The SMILES string of the molecule is N#Cc1cc(F)cc(CSc2cc(C(=O)O)ccc2F)c1. The Labute approximate surface area is 123 Å². The Kier molecular flexibility index (Phi) is 4.55. The number of nitrogens with zero attached hydrogens (tertiary/aromatic N) is 1. The molecule has 0 bridgehead atoms. The van der Waals surface area contributed by atoms with Crippen LogP contribution in [-0.2, 0) is 5.75 Å². The molecule has 0 unspecified atom stereocenters. The molecular weight excluding hydrogens is 296 g/mol. The highest BCUT2D eigenvalue weighted by atomic mass is 32.2. The van der Waals surface area contributed by atoms with Gasteiger partial charge in [0.15, 0.2) is 0 Å². The van der Waals surface area contributed by atoms with Crippen molar-refractivity contribution in [2.75, 3.05) is 0 Å². The van der Waals surface area contributed by atoms with Crippen LogP contribution in [0.1, 0.15) is 21.5 Å². The fourth-order valence-electron chi connectivity index (χ4n) is 1.71. The van der Waals surface area contributed by atoms with Crippen LogP contribution in [0.4, 0.5) is 8.78 Å². The van der Waals surface area contributed by atoms with Gasteiger partial charge in [0.05, 0.1) is 17.2 Å². The summed E-state index contributed by atoms with van der Waals surface area (Å²) < 4.78 is 26.9. The van der Waals surface area contributed by atoms with E-state index < -0.39 is 17.6 Å². The van der Waals surface area contributed by atoms with E-state index in [1.807, 2.05) is 6.07 Å². The number of nitriles is 1. The Morgan fingerprint density at radius 2 is 2.00 bits per heavy atom. The van der Waals surface area contributed by atoms with Gasteiger partial charge < -0.3 is 5.11 Å². The Morgan fingerprint density at radius 3 is 2.67 bits per heavy atom. The zero-order valence-electron chi connectivity index (χ0n) is 10.6.